The zero-order valence-corrected chi connectivity index (χ0v) is 18.0. The molecule has 0 aromatic heterocycles. The number of nitrogens with one attached hydrogen (secondary N) is 1. The summed E-state index contributed by atoms with van der Waals surface area (Å²) in [6, 6.07) is 16.7. The molecule has 9 heteroatoms. The van der Waals surface area contributed by atoms with Crippen molar-refractivity contribution in [1.82, 2.24) is 0 Å². The summed E-state index contributed by atoms with van der Waals surface area (Å²) in [5.74, 6) is 0.0597. The average molecular weight is 480 g/mol. The van der Waals surface area contributed by atoms with Gasteiger partial charge in [0, 0.05) is 21.1 Å². The van der Waals surface area contributed by atoms with Crippen molar-refractivity contribution in [3.8, 4) is 0 Å². The number of thioether (sulfide) groups is 1. The number of carbonyl (C=O) groups is 1. The Bertz CT molecular complexity index is 1010. The van der Waals surface area contributed by atoms with E-state index in [4.69, 9.17) is 0 Å². The Morgan fingerprint density at radius 3 is 2.54 bits per heavy atom. The van der Waals surface area contributed by atoms with Crippen LogP contribution in [0.3, 0.4) is 0 Å². The van der Waals surface area contributed by atoms with Crippen molar-refractivity contribution in [2.45, 2.75) is 11.3 Å². The molecule has 1 fully saturated rings. The number of aliphatic imine (C=N–C) groups is 1. The third-order valence-corrected chi connectivity index (χ3v) is 8.31. The molecule has 2 aliphatic heterocycles. The van der Waals surface area contributed by atoms with Crippen LogP contribution in [-0.4, -0.2) is 48.8 Å². The molecule has 1 saturated heterocycles. The fourth-order valence-corrected chi connectivity index (χ4v) is 7.27. The maximum absolute atomic E-state index is 12.7. The van der Waals surface area contributed by atoms with Crippen LogP contribution >= 0.6 is 27.7 Å². The van der Waals surface area contributed by atoms with Gasteiger partial charge in [0.25, 0.3) is 0 Å². The van der Waals surface area contributed by atoms with Crippen molar-refractivity contribution >= 4 is 60.0 Å². The third kappa shape index (κ3) is 4.42. The first kappa shape index (κ1) is 19.5. The summed E-state index contributed by atoms with van der Waals surface area (Å²) in [7, 11) is -3.02. The van der Waals surface area contributed by atoms with Crippen LogP contribution in [0.15, 0.2) is 64.1 Å². The predicted molar refractivity (Wildman–Crippen MR) is 118 cm³/mol. The minimum absolute atomic E-state index is 0.0688. The van der Waals surface area contributed by atoms with Gasteiger partial charge in [-0.1, -0.05) is 45.9 Å². The van der Waals surface area contributed by atoms with Crippen molar-refractivity contribution in [2.24, 2.45) is 4.99 Å². The first-order chi connectivity index (χ1) is 13.4. The highest BCUT2D eigenvalue weighted by atomic mass is 79.9. The van der Waals surface area contributed by atoms with Gasteiger partial charge in [-0.05, 0) is 36.4 Å². The largest absolute Gasteiger partial charge is 0.325 e. The van der Waals surface area contributed by atoms with Crippen LogP contribution in [0.2, 0.25) is 0 Å². The molecule has 0 spiro atoms. The van der Waals surface area contributed by atoms with Crippen molar-refractivity contribution < 1.29 is 13.2 Å². The lowest BCUT2D eigenvalue weighted by molar-refractivity contribution is -0.114. The number of carbonyl (C=O) groups excluding carboxylic acids is 1. The number of sulfone groups is 1. The second kappa shape index (κ2) is 7.88. The first-order valence-electron chi connectivity index (χ1n) is 8.72. The fraction of sp³-hybridized carbons (Fsp3) is 0.263. The van der Waals surface area contributed by atoms with E-state index in [0.717, 1.165) is 10.2 Å². The molecule has 1 N–H and O–H groups in total. The number of halogens is 1. The second-order valence-electron chi connectivity index (χ2n) is 6.69. The number of rotatable bonds is 4. The van der Waals surface area contributed by atoms with Gasteiger partial charge < -0.3 is 10.2 Å². The van der Waals surface area contributed by atoms with Gasteiger partial charge in [0.2, 0.25) is 5.91 Å². The van der Waals surface area contributed by atoms with Crippen LogP contribution in [0.4, 0.5) is 11.4 Å². The molecule has 0 bridgehead atoms. The van der Waals surface area contributed by atoms with E-state index >= 15 is 0 Å². The minimum atomic E-state index is -3.02. The molecule has 2 aliphatic rings. The molecule has 2 aromatic rings. The lowest BCUT2D eigenvalue weighted by Gasteiger charge is -2.24. The Kier molecular flexibility index (Phi) is 5.48. The standard InChI is InChI=1S/C19H18BrN3O3S2/c20-13-6-8-14(9-7-13)21-18(24)10-23(15-4-2-1-3-5-15)19-22-16-11-28(25,26)12-17(16)27-19/h1-9,16-17H,10-12H2,(H,21,24)/t16-,17-/m0/s1. The van der Waals surface area contributed by atoms with Crippen LogP contribution in [0.5, 0.6) is 0 Å². The molecule has 1 amide bonds. The minimum Gasteiger partial charge on any atom is -0.325 e. The number of nitrogens with zero attached hydrogens (tertiary/aromatic N) is 2. The zero-order valence-electron chi connectivity index (χ0n) is 14.8. The fourth-order valence-electron chi connectivity index (χ4n) is 3.23. The number of amidine groups is 1. The molecule has 28 heavy (non-hydrogen) atoms. The molecule has 146 valence electrons. The van der Waals surface area contributed by atoms with Gasteiger partial charge in [0.15, 0.2) is 15.0 Å². The second-order valence-corrected chi connectivity index (χ2v) is 11.0. The van der Waals surface area contributed by atoms with E-state index in [9.17, 15) is 13.2 Å². The van der Waals surface area contributed by atoms with Crippen LogP contribution < -0.4 is 10.2 Å². The highest BCUT2D eigenvalue weighted by Gasteiger charge is 2.44. The number of hydrogen-bond donors (Lipinski definition) is 1. The Morgan fingerprint density at radius 1 is 1.14 bits per heavy atom. The normalized spacial score (nSPS) is 22.4. The van der Waals surface area contributed by atoms with Crippen molar-refractivity contribution in [3.05, 3.63) is 59.1 Å². The van der Waals surface area contributed by atoms with Crippen LogP contribution in [0.1, 0.15) is 0 Å². The lowest BCUT2D eigenvalue weighted by atomic mass is 10.2. The molecule has 0 saturated carbocycles. The van der Waals surface area contributed by atoms with E-state index in [1.54, 1.807) is 0 Å². The highest BCUT2D eigenvalue weighted by Crippen LogP contribution is 2.36. The summed E-state index contributed by atoms with van der Waals surface area (Å²) in [4.78, 5) is 19.1. The third-order valence-electron chi connectivity index (χ3n) is 4.53. The van der Waals surface area contributed by atoms with Gasteiger partial charge >= 0.3 is 0 Å². The van der Waals surface area contributed by atoms with Crippen molar-refractivity contribution in [3.63, 3.8) is 0 Å². The van der Waals surface area contributed by atoms with E-state index in [-0.39, 0.29) is 35.2 Å². The SMILES string of the molecule is O=C(CN(C1=N[C@H]2CS(=O)(=O)C[C@@H]2S1)c1ccccc1)Nc1ccc(Br)cc1. The van der Waals surface area contributed by atoms with E-state index in [0.29, 0.717) is 10.9 Å². The highest BCUT2D eigenvalue weighted by molar-refractivity contribution is 9.10. The Morgan fingerprint density at radius 2 is 1.86 bits per heavy atom. The van der Waals surface area contributed by atoms with Crippen LogP contribution in [-0.2, 0) is 14.6 Å². The van der Waals surface area contributed by atoms with E-state index < -0.39 is 9.84 Å². The smallest absolute Gasteiger partial charge is 0.244 e. The number of fused-ring (bicyclic) bond motifs is 1. The first-order valence-corrected chi connectivity index (χ1v) is 12.2. The molecule has 6 nitrogen and oxygen atoms in total. The maximum atomic E-state index is 12.7. The quantitative estimate of drug-likeness (QED) is 0.728. The van der Waals surface area contributed by atoms with Gasteiger partial charge in [-0.25, -0.2) is 8.42 Å². The summed E-state index contributed by atoms with van der Waals surface area (Å²) < 4.78 is 24.6. The van der Waals surface area contributed by atoms with E-state index in [1.807, 2.05) is 59.5 Å². The topological polar surface area (TPSA) is 78.8 Å². The van der Waals surface area contributed by atoms with E-state index in [2.05, 4.69) is 26.2 Å². The maximum Gasteiger partial charge on any atom is 0.244 e. The zero-order chi connectivity index (χ0) is 19.7. The van der Waals surface area contributed by atoms with Crippen LogP contribution in [0, 0.1) is 0 Å². The lowest BCUT2D eigenvalue weighted by Crippen LogP contribution is -2.36. The van der Waals surface area contributed by atoms with Crippen molar-refractivity contribution in [2.75, 3.05) is 28.3 Å². The summed E-state index contributed by atoms with van der Waals surface area (Å²) in [6.07, 6.45) is 0. The molecule has 0 unspecified atom stereocenters. The Balaban J connectivity index is 1.54. The number of anilines is 2. The van der Waals surface area contributed by atoms with Gasteiger partial charge in [-0.2, -0.15) is 0 Å². The molecule has 4 rings (SSSR count). The summed E-state index contributed by atoms with van der Waals surface area (Å²) in [6.45, 7) is 0.0953. The average Bonchev–Trinajstić information content (AvgIpc) is 3.16. The number of benzene rings is 2. The number of amides is 1. The summed E-state index contributed by atoms with van der Waals surface area (Å²) in [5, 5.41) is 3.52. The molecule has 2 atom stereocenters. The van der Waals surface area contributed by atoms with Gasteiger partial charge in [0.1, 0.15) is 6.54 Å². The van der Waals surface area contributed by atoms with Gasteiger partial charge in [-0.15, -0.1) is 0 Å². The summed E-state index contributed by atoms with van der Waals surface area (Å²) in [5.41, 5.74) is 1.56. The predicted octanol–water partition coefficient (Wildman–Crippen LogP) is 3.16. The van der Waals surface area contributed by atoms with Crippen molar-refractivity contribution in [1.29, 1.82) is 0 Å². The number of para-hydroxylation sites is 1. The molecule has 2 aromatic carbocycles. The molecular formula is C19H18BrN3O3S2. The number of hydrogen-bond acceptors (Lipinski definition) is 6. The molecule has 0 aliphatic carbocycles. The van der Waals surface area contributed by atoms with E-state index in [1.165, 1.54) is 11.8 Å². The summed E-state index contributed by atoms with van der Waals surface area (Å²) >= 11 is 4.82. The Labute approximate surface area is 176 Å². The molecular weight excluding hydrogens is 462 g/mol. The molecule has 2 heterocycles. The van der Waals surface area contributed by atoms with Gasteiger partial charge in [-0.3, -0.25) is 9.79 Å². The molecule has 0 radical (unpaired) electrons. The Hall–Kier alpha value is -1.84. The van der Waals surface area contributed by atoms with Gasteiger partial charge in [0.05, 0.1) is 17.5 Å². The van der Waals surface area contributed by atoms with Crippen LogP contribution in [0.25, 0.3) is 0 Å². The monoisotopic (exact) mass is 479 g/mol.